The first-order valence-corrected chi connectivity index (χ1v) is 11.3. The van der Waals surface area contributed by atoms with E-state index in [9.17, 15) is 24.0 Å². The number of para-hydroxylation sites is 1. The van der Waals surface area contributed by atoms with Gasteiger partial charge in [-0.3, -0.25) is 23.5 Å². The van der Waals surface area contributed by atoms with Gasteiger partial charge in [-0.15, -0.1) is 0 Å². The van der Waals surface area contributed by atoms with Crippen LogP contribution in [0, 0.1) is 12.8 Å². The van der Waals surface area contributed by atoms with E-state index < -0.39 is 41.1 Å². The van der Waals surface area contributed by atoms with E-state index in [-0.39, 0.29) is 29.5 Å². The maximum Gasteiger partial charge on any atom is 0.340 e. The van der Waals surface area contributed by atoms with Crippen molar-refractivity contribution in [3.63, 3.8) is 0 Å². The van der Waals surface area contributed by atoms with Crippen LogP contribution >= 0.6 is 0 Å². The number of nitrogens with one attached hydrogen (secondary N) is 1. The summed E-state index contributed by atoms with van der Waals surface area (Å²) in [7, 11) is 1.25. The highest BCUT2D eigenvalue weighted by Gasteiger charge is 2.24. The number of anilines is 2. The fraction of sp³-hybridized carbons (Fsp3) is 0.269. The molecule has 0 atom stereocenters. The smallest absolute Gasteiger partial charge is 0.340 e. The highest BCUT2D eigenvalue weighted by molar-refractivity contribution is 6.08. The lowest BCUT2D eigenvalue weighted by Gasteiger charge is -2.16. The number of ketones is 1. The standard InChI is InChI=1S/C26H28N4O6/c1-15(2)13-30-22(27)21(24(33)29(4)26(30)35)20(31)14-36-25(34)18-10-5-6-11-19(18)28-23(32)17-9-7-8-16(3)12-17/h5-12,15H,13-14,27H2,1-4H3,(H,28,32). The van der Waals surface area contributed by atoms with E-state index in [2.05, 4.69) is 5.32 Å². The number of carbonyl (C=O) groups is 3. The van der Waals surface area contributed by atoms with Gasteiger partial charge in [0, 0.05) is 19.2 Å². The number of ether oxygens (including phenoxy) is 1. The van der Waals surface area contributed by atoms with Crippen LogP contribution in [-0.2, 0) is 18.3 Å². The number of nitrogens with zero attached hydrogens (tertiary/aromatic N) is 2. The quantitative estimate of drug-likeness (QED) is 0.363. The van der Waals surface area contributed by atoms with Crippen LogP contribution in [0.2, 0.25) is 0 Å². The summed E-state index contributed by atoms with van der Waals surface area (Å²) >= 11 is 0. The average molecular weight is 493 g/mol. The summed E-state index contributed by atoms with van der Waals surface area (Å²) in [6.45, 7) is 4.99. The van der Waals surface area contributed by atoms with E-state index in [1.165, 1.54) is 19.2 Å². The Morgan fingerprint density at radius 3 is 2.42 bits per heavy atom. The number of nitrogen functional groups attached to an aromatic ring is 1. The Bertz CT molecular complexity index is 1450. The minimum atomic E-state index is -0.880. The number of esters is 1. The van der Waals surface area contributed by atoms with Crippen molar-refractivity contribution in [2.75, 3.05) is 17.7 Å². The molecule has 0 unspecified atom stereocenters. The van der Waals surface area contributed by atoms with Gasteiger partial charge in [0.2, 0.25) is 5.78 Å². The van der Waals surface area contributed by atoms with Crippen LogP contribution in [-0.4, -0.2) is 33.4 Å². The van der Waals surface area contributed by atoms with E-state index in [1.807, 2.05) is 26.8 Å². The number of nitrogens with two attached hydrogens (primary N) is 1. The van der Waals surface area contributed by atoms with Gasteiger partial charge in [0.15, 0.2) is 6.61 Å². The number of Topliss-reactive ketones (excluding diaryl/α,β-unsaturated/α-hetero) is 1. The summed E-state index contributed by atoms with van der Waals surface area (Å²) in [5, 5.41) is 2.68. The fourth-order valence-corrected chi connectivity index (χ4v) is 3.62. The predicted octanol–water partition coefficient (Wildman–Crippen LogP) is 2.39. The molecular formula is C26H28N4O6. The average Bonchev–Trinajstić information content (AvgIpc) is 2.84. The number of hydrogen-bond donors (Lipinski definition) is 2. The Balaban J connectivity index is 1.81. The molecule has 0 spiro atoms. The zero-order valence-corrected chi connectivity index (χ0v) is 20.5. The summed E-state index contributed by atoms with van der Waals surface area (Å²) in [5.74, 6) is -2.40. The Hall–Kier alpha value is -4.47. The fourth-order valence-electron chi connectivity index (χ4n) is 3.62. The summed E-state index contributed by atoms with van der Waals surface area (Å²) in [6.07, 6.45) is 0. The van der Waals surface area contributed by atoms with E-state index in [4.69, 9.17) is 10.5 Å². The number of rotatable bonds is 8. The second-order valence-electron chi connectivity index (χ2n) is 8.78. The number of amides is 1. The van der Waals surface area contributed by atoms with Crippen molar-refractivity contribution in [3.05, 3.63) is 91.6 Å². The molecule has 1 amide bonds. The van der Waals surface area contributed by atoms with Gasteiger partial charge in [-0.1, -0.05) is 43.7 Å². The molecule has 1 aromatic heterocycles. The summed E-state index contributed by atoms with van der Waals surface area (Å²) in [6, 6.07) is 13.1. The Morgan fingerprint density at radius 1 is 1.06 bits per heavy atom. The third-order valence-corrected chi connectivity index (χ3v) is 5.42. The first kappa shape index (κ1) is 26.1. The predicted molar refractivity (Wildman–Crippen MR) is 135 cm³/mol. The van der Waals surface area contributed by atoms with Gasteiger partial charge in [-0.2, -0.15) is 0 Å². The zero-order valence-electron chi connectivity index (χ0n) is 20.5. The Kier molecular flexibility index (Phi) is 7.88. The van der Waals surface area contributed by atoms with Gasteiger partial charge in [-0.05, 0) is 37.1 Å². The summed E-state index contributed by atoms with van der Waals surface area (Å²) in [4.78, 5) is 63.3. The molecule has 36 heavy (non-hydrogen) atoms. The van der Waals surface area contributed by atoms with Crippen LogP contribution in [0.15, 0.2) is 58.1 Å². The van der Waals surface area contributed by atoms with Crippen molar-refractivity contribution in [1.29, 1.82) is 0 Å². The molecule has 0 radical (unpaired) electrons. The molecule has 0 aliphatic rings. The third-order valence-electron chi connectivity index (χ3n) is 5.42. The SMILES string of the molecule is Cc1cccc(C(=O)Nc2ccccc2C(=O)OCC(=O)c2c(N)n(CC(C)C)c(=O)n(C)c2=O)c1. The molecule has 10 nitrogen and oxygen atoms in total. The topological polar surface area (TPSA) is 142 Å². The molecule has 188 valence electrons. The first-order valence-electron chi connectivity index (χ1n) is 11.3. The second-order valence-corrected chi connectivity index (χ2v) is 8.78. The van der Waals surface area contributed by atoms with Crippen molar-refractivity contribution in [3.8, 4) is 0 Å². The number of hydrogen-bond acceptors (Lipinski definition) is 7. The zero-order chi connectivity index (χ0) is 26.6. The van der Waals surface area contributed by atoms with Crippen LogP contribution in [0.5, 0.6) is 0 Å². The van der Waals surface area contributed by atoms with Crippen LogP contribution in [0.1, 0.15) is 50.5 Å². The minimum absolute atomic E-state index is 0.0230. The number of carbonyl (C=O) groups excluding carboxylic acids is 3. The molecule has 3 aromatic rings. The van der Waals surface area contributed by atoms with Crippen molar-refractivity contribution in [1.82, 2.24) is 9.13 Å². The normalized spacial score (nSPS) is 10.8. The molecule has 1 heterocycles. The lowest BCUT2D eigenvalue weighted by Crippen LogP contribution is -2.43. The highest BCUT2D eigenvalue weighted by Crippen LogP contribution is 2.18. The molecule has 0 aliphatic carbocycles. The Labute approximate surface area is 207 Å². The molecule has 0 bridgehead atoms. The highest BCUT2D eigenvalue weighted by atomic mass is 16.5. The number of benzene rings is 2. The lowest BCUT2D eigenvalue weighted by atomic mass is 10.1. The van der Waals surface area contributed by atoms with Crippen LogP contribution in [0.3, 0.4) is 0 Å². The van der Waals surface area contributed by atoms with Crippen molar-refractivity contribution >= 4 is 29.2 Å². The summed E-state index contributed by atoms with van der Waals surface area (Å²) in [5.41, 5.74) is 5.61. The van der Waals surface area contributed by atoms with Gasteiger partial charge in [0.05, 0.1) is 11.3 Å². The first-order chi connectivity index (χ1) is 17.0. The maximum absolute atomic E-state index is 12.8. The summed E-state index contributed by atoms with van der Waals surface area (Å²) < 4.78 is 7.11. The molecule has 0 saturated carbocycles. The molecule has 0 saturated heterocycles. The van der Waals surface area contributed by atoms with Crippen molar-refractivity contribution in [2.24, 2.45) is 13.0 Å². The van der Waals surface area contributed by atoms with Crippen molar-refractivity contribution < 1.29 is 19.1 Å². The van der Waals surface area contributed by atoms with E-state index >= 15 is 0 Å². The van der Waals surface area contributed by atoms with Gasteiger partial charge in [0.1, 0.15) is 11.4 Å². The maximum atomic E-state index is 12.8. The van der Waals surface area contributed by atoms with Crippen molar-refractivity contribution in [2.45, 2.75) is 27.3 Å². The van der Waals surface area contributed by atoms with Crippen LogP contribution in [0.25, 0.3) is 0 Å². The third kappa shape index (κ3) is 5.60. The molecule has 0 aliphatic heterocycles. The lowest BCUT2D eigenvalue weighted by molar-refractivity contribution is 0.0475. The van der Waals surface area contributed by atoms with E-state index in [1.54, 1.807) is 30.3 Å². The van der Waals surface area contributed by atoms with Crippen LogP contribution < -0.4 is 22.3 Å². The molecule has 3 rings (SSSR count). The largest absolute Gasteiger partial charge is 0.454 e. The second kappa shape index (κ2) is 10.9. The minimum Gasteiger partial charge on any atom is -0.454 e. The number of aromatic nitrogens is 2. The number of aryl methyl sites for hydroxylation is 1. The molecular weight excluding hydrogens is 464 g/mol. The van der Waals surface area contributed by atoms with E-state index in [0.29, 0.717) is 5.56 Å². The molecule has 3 N–H and O–H groups in total. The Morgan fingerprint density at radius 2 is 1.75 bits per heavy atom. The van der Waals surface area contributed by atoms with Gasteiger partial charge < -0.3 is 15.8 Å². The molecule has 10 heteroatoms. The van der Waals surface area contributed by atoms with Gasteiger partial charge in [0.25, 0.3) is 11.5 Å². The molecule has 2 aromatic carbocycles. The van der Waals surface area contributed by atoms with E-state index in [0.717, 1.165) is 14.7 Å². The monoisotopic (exact) mass is 492 g/mol. The van der Waals surface area contributed by atoms with Gasteiger partial charge >= 0.3 is 11.7 Å². The molecule has 0 fully saturated rings. The van der Waals surface area contributed by atoms with Gasteiger partial charge in [-0.25, -0.2) is 9.59 Å². The van der Waals surface area contributed by atoms with Crippen LogP contribution in [0.4, 0.5) is 11.5 Å².